The molecule has 0 aliphatic carbocycles. The summed E-state index contributed by atoms with van der Waals surface area (Å²) in [5.74, 6) is 1.13. The van der Waals surface area contributed by atoms with E-state index in [4.69, 9.17) is 4.74 Å². The van der Waals surface area contributed by atoms with Crippen molar-refractivity contribution in [2.24, 2.45) is 4.99 Å². The Labute approximate surface area is 184 Å². The molecule has 0 aliphatic heterocycles. The third-order valence-corrected chi connectivity index (χ3v) is 5.80. The number of amides is 1. The lowest BCUT2D eigenvalue weighted by Gasteiger charge is -2.14. The van der Waals surface area contributed by atoms with Gasteiger partial charge in [0.2, 0.25) is 0 Å². The summed E-state index contributed by atoms with van der Waals surface area (Å²) in [6, 6.07) is 12.8. The number of carbonyl (C=O) groups excluding carboxylic acids is 1. The van der Waals surface area contributed by atoms with E-state index in [0.717, 1.165) is 11.1 Å². The van der Waals surface area contributed by atoms with Gasteiger partial charge in [0.1, 0.15) is 5.75 Å². The zero-order valence-electron chi connectivity index (χ0n) is 18.6. The number of benzene rings is 2. The zero-order chi connectivity index (χ0) is 23.0. The van der Waals surface area contributed by atoms with Crippen molar-refractivity contribution >= 4 is 21.7 Å². The number of aryl methyl sites for hydroxylation is 1. The second kappa shape index (κ2) is 10.8. The molecule has 9 heteroatoms. The lowest BCUT2D eigenvalue weighted by molar-refractivity contribution is -0.130. The van der Waals surface area contributed by atoms with Gasteiger partial charge < -0.3 is 20.3 Å². The molecule has 2 aromatic rings. The van der Waals surface area contributed by atoms with E-state index in [9.17, 15) is 13.2 Å². The van der Waals surface area contributed by atoms with Crippen molar-refractivity contribution < 1.29 is 17.9 Å². The Morgan fingerprint density at radius 1 is 1.06 bits per heavy atom. The molecule has 0 atom stereocenters. The second-order valence-electron chi connectivity index (χ2n) is 7.38. The maximum atomic E-state index is 11.8. The van der Waals surface area contributed by atoms with Gasteiger partial charge in [-0.05, 0) is 41.8 Å². The van der Waals surface area contributed by atoms with Crippen molar-refractivity contribution in [2.75, 3.05) is 34.0 Å². The first-order valence-corrected chi connectivity index (χ1v) is 11.7. The number of nitrogens with zero attached hydrogens (tertiary/aromatic N) is 2. The summed E-state index contributed by atoms with van der Waals surface area (Å²) in [5, 5.41) is 6.45. The first-order chi connectivity index (χ1) is 14.6. The number of aliphatic imine (C=N–C) groups is 1. The van der Waals surface area contributed by atoms with Crippen LogP contribution in [0.15, 0.2) is 52.4 Å². The van der Waals surface area contributed by atoms with Gasteiger partial charge in [-0.15, -0.1) is 0 Å². The highest BCUT2D eigenvalue weighted by atomic mass is 32.2. The lowest BCUT2D eigenvalue weighted by Crippen LogP contribution is -2.36. The smallest absolute Gasteiger partial charge is 0.259 e. The number of carbonyl (C=O) groups is 1. The van der Waals surface area contributed by atoms with Gasteiger partial charge in [0.15, 0.2) is 22.4 Å². The molecule has 0 bridgehead atoms. The summed E-state index contributed by atoms with van der Waals surface area (Å²) in [5.41, 5.74) is 2.65. The van der Waals surface area contributed by atoms with Gasteiger partial charge in [-0.2, -0.15) is 0 Å². The Hall–Kier alpha value is -3.07. The standard InChI is InChI=1S/C22H30N4O4S/c1-16-11-18(9-10-20(16)31(5,28)29)14-25-22(23-2)24-13-17-7-6-8-19(12-17)30-15-21(27)26(3)4/h6-12H,13-15H2,1-5H3,(H2,23,24,25). The van der Waals surface area contributed by atoms with Crippen LogP contribution in [0.4, 0.5) is 0 Å². The maximum Gasteiger partial charge on any atom is 0.259 e. The maximum absolute atomic E-state index is 11.8. The predicted molar refractivity (Wildman–Crippen MR) is 122 cm³/mol. The van der Waals surface area contributed by atoms with E-state index < -0.39 is 9.84 Å². The molecule has 0 saturated heterocycles. The van der Waals surface area contributed by atoms with Crippen LogP contribution in [0.1, 0.15) is 16.7 Å². The van der Waals surface area contributed by atoms with E-state index in [1.165, 1.54) is 11.2 Å². The minimum absolute atomic E-state index is 0.00928. The molecule has 8 nitrogen and oxygen atoms in total. The Bertz CT molecular complexity index is 1050. The first kappa shape index (κ1) is 24.2. The normalized spacial score (nSPS) is 11.7. The summed E-state index contributed by atoms with van der Waals surface area (Å²) < 4.78 is 29.1. The molecule has 0 aromatic heterocycles. The molecule has 0 aliphatic rings. The highest BCUT2D eigenvalue weighted by molar-refractivity contribution is 7.90. The molecule has 0 saturated carbocycles. The van der Waals surface area contributed by atoms with Crippen molar-refractivity contribution in [3.05, 3.63) is 59.2 Å². The van der Waals surface area contributed by atoms with Crippen LogP contribution in [-0.4, -0.2) is 59.2 Å². The molecule has 2 rings (SSSR count). The number of sulfone groups is 1. The minimum Gasteiger partial charge on any atom is -0.484 e. The molecule has 0 spiro atoms. The highest BCUT2D eigenvalue weighted by Crippen LogP contribution is 2.16. The molecular weight excluding hydrogens is 416 g/mol. The summed E-state index contributed by atoms with van der Waals surface area (Å²) in [6.07, 6.45) is 1.21. The van der Waals surface area contributed by atoms with Crippen molar-refractivity contribution in [3.8, 4) is 5.75 Å². The number of rotatable bonds is 8. The van der Waals surface area contributed by atoms with E-state index in [1.807, 2.05) is 30.3 Å². The van der Waals surface area contributed by atoms with E-state index in [-0.39, 0.29) is 12.5 Å². The largest absolute Gasteiger partial charge is 0.484 e. The minimum atomic E-state index is -3.23. The summed E-state index contributed by atoms with van der Waals surface area (Å²) in [6.45, 7) is 2.80. The van der Waals surface area contributed by atoms with Crippen LogP contribution in [0.25, 0.3) is 0 Å². The van der Waals surface area contributed by atoms with Gasteiger partial charge in [-0.1, -0.05) is 24.3 Å². The van der Waals surface area contributed by atoms with E-state index in [2.05, 4.69) is 15.6 Å². The van der Waals surface area contributed by atoms with Crippen LogP contribution >= 0.6 is 0 Å². The van der Waals surface area contributed by atoms with Gasteiger partial charge in [0, 0.05) is 40.5 Å². The molecule has 2 N–H and O–H groups in total. The Morgan fingerprint density at radius 2 is 1.71 bits per heavy atom. The van der Waals surface area contributed by atoms with Crippen LogP contribution in [0, 0.1) is 6.92 Å². The SMILES string of the molecule is CN=C(NCc1cccc(OCC(=O)N(C)C)c1)NCc1ccc(S(C)(=O)=O)c(C)c1. The van der Waals surface area contributed by atoms with Crippen molar-refractivity contribution in [2.45, 2.75) is 24.9 Å². The van der Waals surface area contributed by atoms with Crippen LogP contribution in [-0.2, 0) is 27.7 Å². The third kappa shape index (κ3) is 7.60. The summed E-state index contributed by atoms with van der Waals surface area (Å²) >= 11 is 0. The molecule has 2 aromatic carbocycles. The molecule has 0 radical (unpaired) electrons. The Balaban J connectivity index is 1.91. The second-order valence-corrected chi connectivity index (χ2v) is 9.36. The predicted octanol–water partition coefficient (Wildman–Crippen LogP) is 1.73. The van der Waals surface area contributed by atoms with Crippen molar-refractivity contribution in [3.63, 3.8) is 0 Å². The van der Waals surface area contributed by atoms with Crippen LogP contribution in [0.3, 0.4) is 0 Å². The number of guanidine groups is 1. The molecule has 0 unspecified atom stereocenters. The number of ether oxygens (including phenoxy) is 1. The van der Waals surface area contributed by atoms with Gasteiger partial charge >= 0.3 is 0 Å². The van der Waals surface area contributed by atoms with Gasteiger partial charge in [0.25, 0.3) is 5.91 Å². The van der Waals surface area contributed by atoms with E-state index in [1.54, 1.807) is 40.2 Å². The van der Waals surface area contributed by atoms with Crippen LogP contribution in [0.2, 0.25) is 0 Å². The first-order valence-electron chi connectivity index (χ1n) is 9.76. The summed E-state index contributed by atoms with van der Waals surface area (Å²) in [4.78, 5) is 17.7. The Morgan fingerprint density at radius 3 is 2.26 bits per heavy atom. The zero-order valence-corrected chi connectivity index (χ0v) is 19.4. The Kier molecular flexibility index (Phi) is 8.44. The van der Waals surface area contributed by atoms with Crippen LogP contribution < -0.4 is 15.4 Å². The van der Waals surface area contributed by atoms with E-state index >= 15 is 0 Å². The average molecular weight is 447 g/mol. The van der Waals surface area contributed by atoms with Gasteiger partial charge in [-0.25, -0.2) is 8.42 Å². The number of hydrogen-bond acceptors (Lipinski definition) is 5. The number of likely N-dealkylation sites (N-methyl/N-ethyl adjacent to an activating group) is 1. The quantitative estimate of drug-likeness (QED) is 0.473. The van der Waals surface area contributed by atoms with Crippen molar-refractivity contribution in [1.29, 1.82) is 0 Å². The lowest BCUT2D eigenvalue weighted by atomic mass is 10.1. The molecule has 31 heavy (non-hydrogen) atoms. The third-order valence-electron chi connectivity index (χ3n) is 4.54. The van der Waals surface area contributed by atoms with E-state index in [0.29, 0.717) is 35.3 Å². The number of hydrogen-bond donors (Lipinski definition) is 2. The fraction of sp³-hybridized carbons (Fsp3) is 0.364. The highest BCUT2D eigenvalue weighted by Gasteiger charge is 2.11. The topological polar surface area (TPSA) is 100 Å². The van der Waals surface area contributed by atoms with Gasteiger partial charge in [-0.3, -0.25) is 9.79 Å². The van der Waals surface area contributed by atoms with Crippen LogP contribution in [0.5, 0.6) is 5.75 Å². The molecule has 0 fully saturated rings. The molecule has 168 valence electrons. The fourth-order valence-corrected chi connectivity index (χ4v) is 3.81. The van der Waals surface area contributed by atoms with Crippen molar-refractivity contribution in [1.82, 2.24) is 15.5 Å². The summed E-state index contributed by atoms with van der Waals surface area (Å²) in [7, 11) is 1.82. The fourth-order valence-electron chi connectivity index (χ4n) is 2.85. The number of nitrogens with one attached hydrogen (secondary N) is 2. The molecule has 1 amide bonds. The molecule has 0 heterocycles. The average Bonchev–Trinajstić information content (AvgIpc) is 2.71. The monoisotopic (exact) mass is 446 g/mol. The molecular formula is C22H30N4O4S. The van der Waals surface area contributed by atoms with Gasteiger partial charge in [0.05, 0.1) is 4.90 Å².